The summed E-state index contributed by atoms with van der Waals surface area (Å²) >= 11 is 6.46. The summed E-state index contributed by atoms with van der Waals surface area (Å²) in [5.41, 5.74) is 0.800. The molecule has 0 atom stereocenters. The lowest BCUT2D eigenvalue weighted by molar-refractivity contribution is 0.0684. The minimum absolute atomic E-state index is 0.0214. The van der Waals surface area contributed by atoms with E-state index in [-0.39, 0.29) is 11.1 Å². The highest BCUT2D eigenvalue weighted by Gasteiger charge is 2.21. The summed E-state index contributed by atoms with van der Waals surface area (Å²) in [6.45, 7) is 0. The molecule has 4 nitrogen and oxygen atoms in total. The van der Waals surface area contributed by atoms with Crippen LogP contribution < -0.4 is 0 Å². The molecule has 0 bridgehead atoms. The molecule has 0 aliphatic carbocycles. The fourth-order valence-electron chi connectivity index (χ4n) is 1.89. The maximum Gasteiger partial charge on any atom is 0.337 e. The van der Waals surface area contributed by atoms with Gasteiger partial charge in [0.2, 0.25) is 0 Å². The highest BCUT2D eigenvalue weighted by atomic mass is 79.9. The van der Waals surface area contributed by atoms with Crippen LogP contribution in [-0.4, -0.2) is 22.2 Å². The zero-order valence-electron chi connectivity index (χ0n) is 9.93. The minimum atomic E-state index is -1.13. The van der Waals surface area contributed by atoms with Gasteiger partial charge in [-0.3, -0.25) is 0 Å². The summed E-state index contributed by atoms with van der Waals surface area (Å²) in [6.07, 6.45) is 0. The first-order valence-corrected chi connectivity index (χ1v) is 7.06. The van der Waals surface area contributed by atoms with E-state index in [0.717, 1.165) is 0 Å². The fraction of sp³-hybridized carbons (Fsp3) is 0. The molecule has 0 fully saturated rings. The number of aromatic carboxylic acids is 2. The van der Waals surface area contributed by atoms with Crippen LogP contribution in [0.5, 0.6) is 0 Å². The molecule has 102 valence electrons. The topological polar surface area (TPSA) is 74.6 Å². The number of hydrogen-bond donors (Lipinski definition) is 2. The second kappa shape index (κ2) is 5.76. The Kier molecular flexibility index (Phi) is 4.25. The highest BCUT2D eigenvalue weighted by Crippen LogP contribution is 2.36. The van der Waals surface area contributed by atoms with Crippen molar-refractivity contribution in [3.8, 4) is 11.1 Å². The van der Waals surface area contributed by atoms with Crippen LogP contribution in [0.3, 0.4) is 0 Å². The first kappa shape index (κ1) is 14.7. The van der Waals surface area contributed by atoms with Gasteiger partial charge in [-0.25, -0.2) is 9.59 Å². The molecule has 0 saturated heterocycles. The van der Waals surface area contributed by atoms with Gasteiger partial charge < -0.3 is 10.2 Å². The van der Waals surface area contributed by atoms with Crippen molar-refractivity contribution in [2.24, 2.45) is 0 Å². The van der Waals surface area contributed by atoms with Gasteiger partial charge in [0.05, 0.1) is 11.1 Å². The molecule has 0 spiro atoms. The number of carboxylic acids is 2. The van der Waals surface area contributed by atoms with E-state index in [1.807, 2.05) is 0 Å². The third-order valence-electron chi connectivity index (χ3n) is 2.76. The molecule has 0 aliphatic heterocycles. The van der Waals surface area contributed by atoms with Gasteiger partial charge in [-0.05, 0) is 55.1 Å². The van der Waals surface area contributed by atoms with Crippen LogP contribution in [-0.2, 0) is 0 Å². The van der Waals surface area contributed by atoms with Crippen molar-refractivity contribution in [2.75, 3.05) is 0 Å². The average Bonchev–Trinajstić information content (AvgIpc) is 2.41. The van der Waals surface area contributed by atoms with Crippen molar-refractivity contribution in [1.29, 1.82) is 0 Å². The summed E-state index contributed by atoms with van der Waals surface area (Å²) in [5.74, 6) is -2.23. The predicted octanol–water partition coefficient (Wildman–Crippen LogP) is 4.28. The monoisotopic (exact) mass is 398 g/mol. The van der Waals surface area contributed by atoms with Gasteiger partial charge >= 0.3 is 11.9 Å². The van der Waals surface area contributed by atoms with Gasteiger partial charge in [0.25, 0.3) is 0 Å². The highest BCUT2D eigenvalue weighted by molar-refractivity contribution is 9.13. The number of carboxylic acid groups (broad SMARTS) is 2. The van der Waals surface area contributed by atoms with E-state index >= 15 is 0 Å². The minimum Gasteiger partial charge on any atom is -0.478 e. The van der Waals surface area contributed by atoms with E-state index < -0.39 is 11.9 Å². The van der Waals surface area contributed by atoms with E-state index in [0.29, 0.717) is 20.1 Å². The molecule has 0 aliphatic rings. The van der Waals surface area contributed by atoms with Gasteiger partial charge in [-0.1, -0.05) is 24.3 Å². The van der Waals surface area contributed by atoms with Crippen LogP contribution in [0.4, 0.5) is 0 Å². The second-order valence-corrected chi connectivity index (χ2v) is 5.59. The second-order valence-electron chi connectivity index (χ2n) is 3.94. The number of hydrogen-bond acceptors (Lipinski definition) is 2. The van der Waals surface area contributed by atoms with Gasteiger partial charge in [-0.2, -0.15) is 0 Å². The van der Waals surface area contributed by atoms with E-state index in [1.54, 1.807) is 30.3 Å². The average molecular weight is 400 g/mol. The molecule has 2 aromatic rings. The quantitative estimate of drug-likeness (QED) is 0.807. The van der Waals surface area contributed by atoms with Crippen molar-refractivity contribution in [3.05, 3.63) is 56.5 Å². The van der Waals surface area contributed by atoms with Crippen LogP contribution in [0, 0.1) is 0 Å². The molecule has 2 aromatic carbocycles. The van der Waals surface area contributed by atoms with E-state index in [2.05, 4.69) is 31.9 Å². The van der Waals surface area contributed by atoms with Gasteiger partial charge in [0.1, 0.15) is 0 Å². The third kappa shape index (κ3) is 2.62. The lowest BCUT2D eigenvalue weighted by Gasteiger charge is -2.12. The zero-order chi connectivity index (χ0) is 14.9. The normalized spacial score (nSPS) is 10.3. The van der Waals surface area contributed by atoms with Gasteiger partial charge in [0.15, 0.2) is 0 Å². The maximum atomic E-state index is 11.5. The predicted molar refractivity (Wildman–Crippen MR) is 81.2 cm³/mol. The van der Waals surface area contributed by atoms with Gasteiger partial charge in [0, 0.05) is 8.95 Å². The Morgan fingerprint density at radius 3 is 2.10 bits per heavy atom. The van der Waals surface area contributed by atoms with Crippen LogP contribution in [0.2, 0.25) is 0 Å². The summed E-state index contributed by atoms with van der Waals surface area (Å²) in [7, 11) is 0. The fourth-order valence-corrected chi connectivity index (χ4v) is 2.73. The van der Waals surface area contributed by atoms with Crippen molar-refractivity contribution >= 4 is 43.8 Å². The maximum absolute atomic E-state index is 11.5. The molecule has 0 unspecified atom stereocenters. The Morgan fingerprint density at radius 2 is 1.50 bits per heavy atom. The Hall–Kier alpha value is -1.66. The van der Waals surface area contributed by atoms with Crippen LogP contribution >= 0.6 is 31.9 Å². The Bertz CT molecular complexity index is 710. The molecule has 2 rings (SSSR count). The SMILES string of the molecule is O=C(O)c1ccccc1-c1ccc(Br)c(Br)c1C(=O)O. The number of rotatable bonds is 3. The van der Waals surface area contributed by atoms with Crippen LogP contribution in [0.1, 0.15) is 20.7 Å². The number of halogens is 2. The molecule has 20 heavy (non-hydrogen) atoms. The molecule has 0 radical (unpaired) electrons. The zero-order valence-corrected chi connectivity index (χ0v) is 13.1. The largest absolute Gasteiger partial charge is 0.478 e. The third-order valence-corrected chi connectivity index (χ3v) is 4.77. The molecule has 6 heteroatoms. The molecular formula is C14H8Br2O4. The van der Waals surface area contributed by atoms with Crippen molar-refractivity contribution in [3.63, 3.8) is 0 Å². The summed E-state index contributed by atoms with van der Waals surface area (Å²) in [5, 5.41) is 18.6. The lowest BCUT2D eigenvalue weighted by Crippen LogP contribution is -2.05. The lowest BCUT2D eigenvalue weighted by atomic mass is 9.95. The Morgan fingerprint density at radius 1 is 0.850 bits per heavy atom. The first-order chi connectivity index (χ1) is 9.43. The Labute approximate surface area is 131 Å². The number of benzene rings is 2. The van der Waals surface area contributed by atoms with Gasteiger partial charge in [-0.15, -0.1) is 0 Å². The molecule has 0 saturated carbocycles. The number of carbonyl (C=O) groups is 2. The first-order valence-electron chi connectivity index (χ1n) is 5.47. The summed E-state index contributed by atoms with van der Waals surface area (Å²) < 4.78 is 0.967. The van der Waals surface area contributed by atoms with E-state index in [1.165, 1.54) is 6.07 Å². The van der Waals surface area contributed by atoms with Crippen LogP contribution in [0.15, 0.2) is 45.3 Å². The smallest absolute Gasteiger partial charge is 0.337 e. The van der Waals surface area contributed by atoms with Crippen molar-refractivity contribution in [2.45, 2.75) is 0 Å². The standard InChI is InChI=1S/C14H8Br2O4/c15-10-6-5-8(11(12(10)16)14(19)20)7-3-1-2-4-9(7)13(17)18/h1-6H,(H,17,18)(H,19,20). The van der Waals surface area contributed by atoms with Crippen molar-refractivity contribution in [1.82, 2.24) is 0 Å². The van der Waals surface area contributed by atoms with Crippen molar-refractivity contribution < 1.29 is 19.8 Å². The molecule has 2 N–H and O–H groups in total. The van der Waals surface area contributed by atoms with Crippen LogP contribution in [0.25, 0.3) is 11.1 Å². The molecular weight excluding hydrogens is 392 g/mol. The summed E-state index contributed by atoms with van der Waals surface area (Å²) in [4.78, 5) is 22.7. The summed E-state index contributed by atoms with van der Waals surface area (Å²) in [6, 6.07) is 9.56. The van der Waals surface area contributed by atoms with E-state index in [4.69, 9.17) is 0 Å². The molecule has 0 amide bonds. The molecule has 0 aromatic heterocycles. The molecule has 0 heterocycles. The van der Waals surface area contributed by atoms with E-state index in [9.17, 15) is 19.8 Å². The Balaban J connectivity index is 2.81.